The molecule has 1 atom stereocenters. The number of hydrogen-bond acceptors (Lipinski definition) is 4. The van der Waals surface area contributed by atoms with Gasteiger partial charge in [-0.05, 0) is 18.6 Å². The molecule has 1 fully saturated rings. The van der Waals surface area contributed by atoms with Crippen LogP contribution in [0, 0.1) is 0 Å². The number of likely N-dealkylation sites (N-methyl/N-ethyl adjacent to an activating group) is 1. The van der Waals surface area contributed by atoms with Crippen molar-refractivity contribution in [1.29, 1.82) is 0 Å². The molecule has 1 N–H and O–H groups in total. The lowest BCUT2D eigenvalue weighted by Crippen LogP contribution is -2.40. The highest BCUT2D eigenvalue weighted by atomic mass is 16.1. The van der Waals surface area contributed by atoms with Crippen molar-refractivity contribution in [1.82, 2.24) is 10.3 Å². The minimum absolute atomic E-state index is 0.149. The van der Waals surface area contributed by atoms with Crippen molar-refractivity contribution in [2.75, 3.05) is 36.5 Å². The molecule has 19 heavy (non-hydrogen) atoms. The van der Waals surface area contributed by atoms with Crippen molar-refractivity contribution in [2.45, 2.75) is 12.5 Å². The summed E-state index contributed by atoms with van der Waals surface area (Å²) in [5.41, 5.74) is 1.60. The van der Waals surface area contributed by atoms with Gasteiger partial charge in [0.25, 0.3) is 5.91 Å². The summed E-state index contributed by atoms with van der Waals surface area (Å²) < 4.78 is 0. The first-order valence-electron chi connectivity index (χ1n) is 6.58. The van der Waals surface area contributed by atoms with Gasteiger partial charge in [0.2, 0.25) is 0 Å². The van der Waals surface area contributed by atoms with Crippen LogP contribution in [-0.2, 0) is 0 Å². The fourth-order valence-electron chi connectivity index (χ4n) is 2.78. The molecular formula is C14H18N4O. The van der Waals surface area contributed by atoms with Crippen LogP contribution in [0.2, 0.25) is 0 Å². The molecule has 1 aromatic rings. The van der Waals surface area contributed by atoms with Crippen LogP contribution < -0.4 is 15.1 Å². The molecule has 1 aromatic heterocycles. The average Bonchev–Trinajstić information content (AvgIpc) is 2.88. The van der Waals surface area contributed by atoms with Crippen molar-refractivity contribution in [3.05, 3.63) is 30.5 Å². The van der Waals surface area contributed by atoms with E-state index in [9.17, 15) is 4.79 Å². The van der Waals surface area contributed by atoms with E-state index in [2.05, 4.69) is 33.7 Å². The summed E-state index contributed by atoms with van der Waals surface area (Å²) in [6, 6.07) is 4.32. The lowest BCUT2D eigenvalue weighted by Gasteiger charge is -2.34. The smallest absolute Gasteiger partial charge is 0.270 e. The van der Waals surface area contributed by atoms with E-state index in [1.165, 1.54) is 0 Å². The fraction of sp³-hybridized carbons (Fsp3) is 0.429. The zero-order valence-electron chi connectivity index (χ0n) is 11.1. The molecule has 5 nitrogen and oxygen atoms in total. The topological polar surface area (TPSA) is 48.5 Å². The monoisotopic (exact) mass is 258 g/mol. The standard InChI is InChI=1S/C14H18N4O/c1-3-7-15-14(19)11-4-5-12-13(16-11)17(2)10-6-8-18(12)9-10/h3-5,10H,1,6-9H2,2H3,(H,15,19). The number of nitrogens with zero attached hydrogens (tertiary/aromatic N) is 3. The molecule has 3 rings (SSSR count). The normalized spacial score (nSPS) is 20.2. The van der Waals surface area contributed by atoms with E-state index in [4.69, 9.17) is 0 Å². The molecule has 2 aliphatic heterocycles. The highest BCUT2D eigenvalue weighted by Crippen LogP contribution is 2.37. The summed E-state index contributed by atoms with van der Waals surface area (Å²) in [6.45, 7) is 6.18. The first kappa shape index (κ1) is 12.0. The predicted octanol–water partition coefficient (Wildman–Crippen LogP) is 1.03. The third kappa shape index (κ3) is 1.95. The molecule has 0 aliphatic carbocycles. The second-order valence-corrected chi connectivity index (χ2v) is 5.04. The van der Waals surface area contributed by atoms with Crippen molar-refractivity contribution < 1.29 is 4.79 Å². The van der Waals surface area contributed by atoms with E-state index in [-0.39, 0.29) is 5.91 Å². The van der Waals surface area contributed by atoms with E-state index < -0.39 is 0 Å². The minimum atomic E-state index is -0.149. The van der Waals surface area contributed by atoms with Gasteiger partial charge in [-0.1, -0.05) is 6.08 Å². The summed E-state index contributed by atoms with van der Waals surface area (Å²) in [5.74, 6) is 0.768. The van der Waals surface area contributed by atoms with Gasteiger partial charge in [0.1, 0.15) is 5.69 Å². The van der Waals surface area contributed by atoms with E-state index in [0.29, 0.717) is 18.3 Å². The van der Waals surface area contributed by atoms with Gasteiger partial charge in [-0.3, -0.25) is 4.79 Å². The number of hydrogen-bond donors (Lipinski definition) is 1. The molecule has 0 radical (unpaired) electrons. The lowest BCUT2D eigenvalue weighted by atomic mass is 10.2. The third-order valence-electron chi connectivity index (χ3n) is 3.88. The number of anilines is 2. The molecule has 1 amide bonds. The number of pyridine rings is 1. The Balaban J connectivity index is 1.91. The molecule has 0 saturated carbocycles. The third-order valence-corrected chi connectivity index (χ3v) is 3.88. The van der Waals surface area contributed by atoms with E-state index >= 15 is 0 Å². The highest BCUT2D eigenvalue weighted by Gasteiger charge is 2.35. The largest absolute Gasteiger partial charge is 0.366 e. The molecule has 1 unspecified atom stereocenters. The molecular weight excluding hydrogens is 240 g/mol. The quantitative estimate of drug-likeness (QED) is 0.823. The second kappa shape index (κ2) is 4.57. The Labute approximate surface area is 112 Å². The Morgan fingerprint density at radius 1 is 1.63 bits per heavy atom. The van der Waals surface area contributed by atoms with Crippen molar-refractivity contribution in [3.63, 3.8) is 0 Å². The lowest BCUT2D eigenvalue weighted by molar-refractivity contribution is 0.0953. The van der Waals surface area contributed by atoms with Gasteiger partial charge in [-0.15, -0.1) is 6.58 Å². The van der Waals surface area contributed by atoms with Crippen LogP contribution in [0.5, 0.6) is 0 Å². The van der Waals surface area contributed by atoms with Gasteiger partial charge >= 0.3 is 0 Å². The van der Waals surface area contributed by atoms with Gasteiger partial charge in [-0.25, -0.2) is 4.98 Å². The summed E-state index contributed by atoms with van der Waals surface area (Å²) in [7, 11) is 2.06. The Morgan fingerprint density at radius 3 is 3.26 bits per heavy atom. The van der Waals surface area contributed by atoms with Crippen LogP contribution in [0.3, 0.4) is 0 Å². The van der Waals surface area contributed by atoms with Crippen LogP contribution in [0.25, 0.3) is 0 Å². The van der Waals surface area contributed by atoms with Crippen molar-refractivity contribution in [3.8, 4) is 0 Å². The van der Waals surface area contributed by atoms with Gasteiger partial charge in [-0.2, -0.15) is 0 Å². The number of carbonyl (C=O) groups excluding carboxylic acids is 1. The van der Waals surface area contributed by atoms with Crippen LogP contribution in [0.1, 0.15) is 16.9 Å². The van der Waals surface area contributed by atoms with Gasteiger partial charge in [0.15, 0.2) is 5.82 Å². The maximum absolute atomic E-state index is 11.9. The number of fused-ring (bicyclic) bond motifs is 4. The Morgan fingerprint density at radius 2 is 2.47 bits per heavy atom. The summed E-state index contributed by atoms with van der Waals surface area (Å²) in [6.07, 6.45) is 2.82. The van der Waals surface area contributed by atoms with E-state index in [1.807, 2.05) is 6.07 Å². The zero-order valence-corrected chi connectivity index (χ0v) is 11.1. The highest BCUT2D eigenvalue weighted by molar-refractivity contribution is 5.93. The maximum atomic E-state index is 11.9. The SMILES string of the molecule is C=CCNC(=O)c1ccc2c(n1)N(C)C1CCN2C1. The molecule has 5 heteroatoms. The Bertz CT molecular complexity index is 528. The number of rotatable bonds is 3. The molecule has 100 valence electrons. The summed E-state index contributed by atoms with van der Waals surface area (Å²) >= 11 is 0. The minimum Gasteiger partial charge on any atom is -0.366 e. The van der Waals surface area contributed by atoms with Gasteiger partial charge in [0.05, 0.1) is 5.69 Å². The molecule has 0 spiro atoms. The molecule has 3 heterocycles. The van der Waals surface area contributed by atoms with Crippen molar-refractivity contribution in [2.24, 2.45) is 0 Å². The van der Waals surface area contributed by atoms with E-state index in [0.717, 1.165) is 31.0 Å². The summed E-state index contributed by atoms with van der Waals surface area (Å²) in [5, 5.41) is 2.76. The van der Waals surface area contributed by atoms with Crippen LogP contribution in [-0.4, -0.2) is 43.6 Å². The second-order valence-electron chi connectivity index (χ2n) is 5.04. The number of carbonyl (C=O) groups is 1. The van der Waals surface area contributed by atoms with Crippen LogP contribution in [0.15, 0.2) is 24.8 Å². The molecule has 1 saturated heterocycles. The van der Waals surface area contributed by atoms with E-state index in [1.54, 1.807) is 12.1 Å². The average molecular weight is 258 g/mol. The van der Waals surface area contributed by atoms with Crippen molar-refractivity contribution >= 4 is 17.4 Å². The van der Waals surface area contributed by atoms with Crippen LogP contribution >= 0.6 is 0 Å². The number of aromatic nitrogens is 1. The zero-order chi connectivity index (χ0) is 13.4. The van der Waals surface area contributed by atoms with Gasteiger partial charge < -0.3 is 15.1 Å². The first-order valence-corrected chi connectivity index (χ1v) is 6.58. The maximum Gasteiger partial charge on any atom is 0.270 e. The molecule has 2 aliphatic rings. The first-order chi connectivity index (χ1) is 9.20. The molecule has 2 bridgehead atoms. The van der Waals surface area contributed by atoms with Crippen LogP contribution in [0.4, 0.5) is 11.5 Å². The molecule has 0 aromatic carbocycles. The Hall–Kier alpha value is -2.04. The van der Waals surface area contributed by atoms with Gasteiger partial charge in [0, 0.05) is 32.7 Å². The predicted molar refractivity (Wildman–Crippen MR) is 75.8 cm³/mol. The fourth-order valence-corrected chi connectivity index (χ4v) is 2.78. The summed E-state index contributed by atoms with van der Waals surface area (Å²) in [4.78, 5) is 21.0. The number of nitrogens with one attached hydrogen (secondary N) is 1. The number of amides is 1. The Kier molecular flexibility index (Phi) is 2.89.